The highest BCUT2D eigenvalue weighted by atomic mass is 32.2. The zero-order chi connectivity index (χ0) is 23.5. The molecule has 0 unspecified atom stereocenters. The van der Waals surface area contributed by atoms with Crippen LogP contribution in [0, 0.1) is 17.1 Å². The first-order valence-corrected chi connectivity index (χ1v) is 11.5. The van der Waals surface area contributed by atoms with Gasteiger partial charge in [0, 0.05) is 18.2 Å². The molecular formula is C20H20FN7O3S. The molecule has 0 fully saturated rings. The van der Waals surface area contributed by atoms with Crippen molar-refractivity contribution in [3.63, 3.8) is 0 Å². The smallest absolute Gasteiger partial charge is 0.253 e. The SMILES string of the molecule is C[C@H](Nc1ncnc(N)c1C#N)c1nc2c(F)cccc2cc1C(=O)NCCS(C)(=O)=O. The van der Waals surface area contributed by atoms with E-state index in [-0.39, 0.29) is 46.3 Å². The Morgan fingerprint density at radius 2 is 2.09 bits per heavy atom. The van der Waals surface area contributed by atoms with Gasteiger partial charge in [0.2, 0.25) is 0 Å². The largest absolute Gasteiger partial charge is 0.382 e. The standard InChI is InChI=1S/C20H20FN7O3S/c1-11(27-19-14(9-22)18(23)25-10-26-19)16-13(20(29)24-6-7-32(2,30)31)8-12-4-3-5-15(21)17(12)28-16/h3-5,8,10-11H,6-7H2,1-2H3,(H,24,29)(H3,23,25,26,27)/t11-/m0/s1. The highest BCUT2D eigenvalue weighted by Gasteiger charge is 2.22. The number of hydrogen-bond acceptors (Lipinski definition) is 9. The van der Waals surface area contributed by atoms with Gasteiger partial charge in [0.15, 0.2) is 0 Å². The van der Waals surface area contributed by atoms with E-state index >= 15 is 0 Å². The summed E-state index contributed by atoms with van der Waals surface area (Å²) in [4.78, 5) is 25.0. The number of benzene rings is 1. The summed E-state index contributed by atoms with van der Waals surface area (Å²) in [6, 6.07) is 7.05. The number of sulfone groups is 1. The molecular weight excluding hydrogens is 437 g/mol. The third-order valence-corrected chi connectivity index (χ3v) is 5.53. The highest BCUT2D eigenvalue weighted by Crippen LogP contribution is 2.27. The normalized spacial score (nSPS) is 12.2. The number of anilines is 2. The summed E-state index contributed by atoms with van der Waals surface area (Å²) in [7, 11) is -3.27. The molecule has 4 N–H and O–H groups in total. The number of pyridine rings is 1. The molecule has 0 radical (unpaired) electrons. The van der Waals surface area contributed by atoms with Crippen LogP contribution < -0.4 is 16.4 Å². The number of nitrogens with one attached hydrogen (secondary N) is 2. The van der Waals surface area contributed by atoms with Crippen LogP contribution in [0.1, 0.15) is 34.6 Å². The van der Waals surface area contributed by atoms with Gasteiger partial charge < -0.3 is 16.4 Å². The molecule has 12 heteroatoms. The molecule has 0 saturated carbocycles. The van der Waals surface area contributed by atoms with E-state index in [1.165, 1.54) is 24.5 Å². The Morgan fingerprint density at radius 1 is 1.34 bits per heavy atom. The van der Waals surface area contributed by atoms with Gasteiger partial charge in [-0.05, 0) is 19.1 Å². The molecule has 0 aliphatic carbocycles. The summed E-state index contributed by atoms with van der Waals surface area (Å²) >= 11 is 0. The maximum Gasteiger partial charge on any atom is 0.253 e. The van der Waals surface area contributed by atoms with Crippen molar-refractivity contribution in [3.8, 4) is 6.07 Å². The molecule has 2 aromatic heterocycles. The number of carbonyl (C=O) groups excluding carboxylic acids is 1. The number of nitrogens with zero attached hydrogens (tertiary/aromatic N) is 4. The predicted molar refractivity (Wildman–Crippen MR) is 117 cm³/mol. The molecule has 10 nitrogen and oxygen atoms in total. The molecule has 1 amide bonds. The van der Waals surface area contributed by atoms with Crippen molar-refractivity contribution < 1.29 is 17.6 Å². The van der Waals surface area contributed by atoms with Gasteiger partial charge in [-0.3, -0.25) is 4.79 Å². The number of aromatic nitrogens is 3. The fraction of sp³-hybridized carbons (Fsp3) is 0.250. The van der Waals surface area contributed by atoms with Crippen molar-refractivity contribution in [2.45, 2.75) is 13.0 Å². The van der Waals surface area contributed by atoms with Crippen molar-refractivity contribution in [2.75, 3.05) is 29.6 Å². The molecule has 3 rings (SSSR count). The summed E-state index contributed by atoms with van der Waals surface area (Å²) in [5.41, 5.74) is 6.10. The lowest BCUT2D eigenvalue weighted by Crippen LogP contribution is -2.30. The minimum Gasteiger partial charge on any atom is -0.382 e. The van der Waals surface area contributed by atoms with Gasteiger partial charge in [-0.1, -0.05) is 12.1 Å². The summed E-state index contributed by atoms with van der Waals surface area (Å²) in [5.74, 6) is -1.26. The number of amides is 1. The second-order valence-corrected chi connectivity index (χ2v) is 9.34. The van der Waals surface area contributed by atoms with E-state index < -0.39 is 27.6 Å². The Bertz CT molecular complexity index is 1340. The van der Waals surface area contributed by atoms with Gasteiger partial charge in [-0.25, -0.2) is 27.8 Å². The van der Waals surface area contributed by atoms with E-state index in [0.29, 0.717) is 5.39 Å². The first-order chi connectivity index (χ1) is 15.1. The third kappa shape index (κ3) is 5.06. The summed E-state index contributed by atoms with van der Waals surface area (Å²) in [6.45, 7) is 1.56. The number of carbonyl (C=O) groups is 1. The summed E-state index contributed by atoms with van der Waals surface area (Å²) in [6.07, 6.45) is 2.24. The van der Waals surface area contributed by atoms with Crippen LogP contribution >= 0.6 is 0 Å². The van der Waals surface area contributed by atoms with Crippen LogP contribution in [0.3, 0.4) is 0 Å². The Morgan fingerprint density at radius 3 is 2.78 bits per heavy atom. The number of nitrogens with two attached hydrogens (primary N) is 1. The minimum atomic E-state index is -3.27. The number of para-hydroxylation sites is 1. The van der Waals surface area contributed by atoms with Gasteiger partial charge in [0.25, 0.3) is 5.91 Å². The predicted octanol–water partition coefficient (Wildman–Crippen LogP) is 1.57. The zero-order valence-corrected chi connectivity index (χ0v) is 18.1. The van der Waals surface area contributed by atoms with Gasteiger partial charge in [-0.2, -0.15) is 5.26 Å². The number of fused-ring (bicyclic) bond motifs is 1. The number of nitriles is 1. The molecule has 0 aliphatic rings. The second kappa shape index (κ2) is 9.11. The van der Waals surface area contributed by atoms with E-state index in [1.807, 2.05) is 6.07 Å². The fourth-order valence-corrected chi connectivity index (χ4v) is 3.50. The van der Waals surface area contributed by atoms with Crippen LogP contribution in [0.4, 0.5) is 16.0 Å². The number of nitrogen functional groups attached to an aromatic ring is 1. The van der Waals surface area contributed by atoms with Crippen LogP contribution in [-0.4, -0.2) is 47.8 Å². The van der Waals surface area contributed by atoms with Gasteiger partial charge in [-0.15, -0.1) is 0 Å². The number of rotatable bonds is 7. The van der Waals surface area contributed by atoms with Crippen LogP contribution in [-0.2, 0) is 9.84 Å². The number of hydrogen-bond donors (Lipinski definition) is 3. The minimum absolute atomic E-state index is 0.0190. The van der Waals surface area contributed by atoms with E-state index in [4.69, 9.17) is 5.73 Å². The van der Waals surface area contributed by atoms with Gasteiger partial charge in [0.1, 0.15) is 50.8 Å². The Labute approximate surface area is 183 Å². The lowest BCUT2D eigenvalue weighted by Gasteiger charge is -2.19. The molecule has 2 heterocycles. The Kier molecular flexibility index (Phi) is 6.50. The van der Waals surface area contributed by atoms with Crippen molar-refractivity contribution in [1.82, 2.24) is 20.3 Å². The van der Waals surface area contributed by atoms with Crippen LogP contribution in [0.15, 0.2) is 30.6 Å². The zero-order valence-electron chi connectivity index (χ0n) is 17.3. The lowest BCUT2D eigenvalue weighted by atomic mass is 10.0. The fourth-order valence-electron chi connectivity index (χ4n) is 3.03. The maximum atomic E-state index is 14.4. The van der Waals surface area contributed by atoms with E-state index in [9.17, 15) is 22.9 Å². The molecule has 32 heavy (non-hydrogen) atoms. The number of halogens is 1. The van der Waals surface area contributed by atoms with Crippen LogP contribution in [0.5, 0.6) is 0 Å². The summed E-state index contributed by atoms with van der Waals surface area (Å²) in [5, 5.41) is 15.3. The first-order valence-electron chi connectivity index (χ1n) is 9.43. The molecule has 0 spiro atoms. The molecule has 3 aromatic rings. The monoisotopic (exact) mass is 457 g/mol. The van der Waals surface area contributed by atoms with Crippen LogP contribution in [0.25, 0.3) is 10.9 Å². The Balaban J connectivity index is 2.02. The van der Waals surface area contributed by atoms with E-state index in [1.54, 1.807) is 13.0 Å². The van der Waals surface area contributed by atoms with Crippen molar-refractivity contribution in [1.29, 1.82) is 5.26 Å². The van der Waals surface area contributed by atoms with Gasteiger partial charge in [0.05, 0.1) is 23.1 Å². The van der Waals surface area contributed by atoms with E-state index in [0.717, 1.165) is 6.26 Å². The molecule has 0 aliphatic heterocycles. The lowest BCUT2D eigenvalue weighted by molar-refractivity contribution is 0.0954. The molecule has 1 aromatic carbocycles. The second-order valence-electron chi connectivity index (χ2n) is 7.08. The topological polar surface area (TPSA) is 164 Å². The van der Waals surface area contributed by atoms with Gasteiger partial charge >= 0.3 is 0 Å². The quantitative estimate of drug-likeness (QED) is 0.477. The first kappa shape index (κ1) is 22.8. The van der Waals surface area contributed by atoms with Crippen LogP contribution in [0.2, 0.25) is 0 Å². The van der Waals surface area contributed by atoms with E-state index in [2.05, 4.69) is 25.6 Å². The average Bonchev–Trinajstić information content (AvgIpc) is 2.72. The highest BCUT2D eigenvalue weighted by molar-refractivity contribution is 7.90. The van der Waals surface area contributed by atoms with Crippen molar-refractivity contribution in [2.24, 2.45) is 0 Å². The molecule has 0 bridgehead atoms. The van der Waals surface area contributed by atoms with Crippen molar-refractivity contribution >= 4 is 38.3 Å². The third-order valence-electron chi connectivity index (χ3n) is 4.58. The Hall–Kier alpha value is -3.85. The molecule has 1 atom stereocenters. The average molecular weight is 457 g/mol. The molecule has 166 valence electrons. The summed E-state index contributed by atoms with van der Waals surface area (Å²) < 4.78 is 37.1. The maximum absolute atomic E-state index is 14.4. The van der Waals surface area contributed by atoms with Crippen molar-refractivity contribution in [3.05, 3.63) is 53.2 Å². The molecule has 0 saturated heterocycles.